The summed E-state index contributed by atoms with van der Waals surface area (Å²) in [5.41, 5.74) is 2.30. The number of halogens is 2. The van der Waals surface area contributed by atoms with Crippen LogP contribution in [0.3, 0.4) is 0 Å². The Labute approximate surface area is 259 Å². The second-order valence-electron chi connectivity index (χ2n) is 11.0. The van der Waals surface area contributed by atoms with Gasteiger partial charge in [-0.1, -0.05) is 41.9 Å². The summed E-state index contributed by atoms with van der Waals surface area (Å²) >= 11 is 7.57. The monoisotopic (exact) mass is 620 g/mol. The quantitative estimate of drug-likeness (QED) is 0.219. The molecule has 0 bridgehead atoms. The summed E-state index contributed by atoms with van der Waals surface area (Å²) in [6.07, 6.45) is 2.62. The van der Waals surface area contributed by atoms with E-state index >= 15 is 0 Å². The SMILES string of the molecule is O=C1C[C@](Sc2ccccc2)(C(=O)NCCCN2CCOCC2)[C@H](c2c[nH]c3cc(F)ccc23)N1Cc1ccc(Cl)cc1. The van der Waals surface area contributed by atoms with Gasteiger partial charge in [0.1, 0.15) is 10.6 Å². The number of hydrogen-bond acceptors (Lipinski definition) is 5. The number of nitrogens with one attached hydrogen (secondary N) is 2. The standard InChI is InChI=1S/C33H34ClFN4O3S/c34-24-9-7-23(8-10-24)22-39-30(40)20-33(43-26-5-2-1-3-6-26,32(41)36-13-4-14-38-15-17-42-18-16-38)31(39)28-21-37-29-19-25(35)11-12-27(28)29/h1-3,5-12,19,21,31,37H,4,13-18,20,22H2,(H,36,41)/t31-,33+/m0/s1. The summed E-state index contributed by atoms with van der Waals surface area (Å²) in [6, 6.07) is 21.1. The molecule has 2 saturated heterocycles. The molecule has 0 aliphatic carbocycles. The van der Waals surface area contributed by atoms with Crippen molar-refractivity contribution >= 4 is 46.1 Å². The number of aromatic nitrogens is 1. The van der Waals surface area contributed by atoms with Gasteiger partial charge in [-0.25, -0.2) is 4.39 Å². The summed E-state index contributed by atoms with van der Waals surface area (Å²) in [4.78, 5) is 36.7. The van der Waals surface area contributed by atoms with Crippen LogP contribution < -0.4 is 5.32 Å². The molecule has 2 N–H and O–H groups in total. The van der Waals surface area contributed by atoms with Crippen LogP contribution in [0, 0.1) is 5.82 Å². The predicted molar refractivity (Wildman–Crippen MR) is 168 cm³/mol. The number of ether oxygens (including phenoxy) is 1. The van der Waals surface area contributed by atoms with Crippen LogP contribution in [-0.4, -0.2) is 70.7 Å². The van der Waals surface area contributed by atoms with Crippen molar-refractivity contribution in [1.29, 1.82) is 0 Å². The van der Waals surface area contributed by atoms with Crippen molar-refractivity contribution in [3.8, 4) is 0 Å². The lowest BCUT2D eigenvalue weighted by Gasteiger charge is -2.36. The Kier molecular flexibility index (Phi) is 9.04. The van der Waals surface area contributed by atoms with E-state index in [1.54, 1.807) is 23.1 Å². The van der Waals surface area contributed by atoms with E-state index in [1.165, 1.54) is 23.9 Å². The third-order valence-corrected chi connectivity index (χ3v) is 9.87. The fourth-order valence-corrected chi connectivity index (χ4v) is 7.64. The summed E-state index contributed by atoms with van der Waals surface area (Å²) in [5.74, 6) is -0.663. The van der Waals surface area contributed by atoms with Gasteiger partial charge in [-0.3, -0.25) is 14.5 Å². The van der Waals surface area contributed by atoms with Gasteiger partial charge in [-0.05, 0) is 61.0 Å². The van der Waals surface area contributed by atoms with Gasteiger partial charge in [0.15, 0.2) is 0 Å². The highest BCUT2D eigenvalue weighted by Gasteiger charge is 2.58. The van der Waals surface area contributed by atoms with Crippen LogP contribution in [0.1, 0.15) is 30.0 Å². The molecule has 43 heavy (non-hydrogen) atoms. The highest BCUT2D eigenvalue weighted by atomic mass is 35.5. The Morgan fingerprint density at radius 3 is 2.63 bits per heavy atom. The van der Waals surface area contributed by atoms with E-state index in [2.05, 4.69) is 15.2 Å². The van der Waals surface area contributed by atoms with Crippen molar-refractivity contribution in [2.75, 3.05) is 39.4 Å². The smallest absolute Gasteiger partial charge is 0.239 e. The van der Waals surface area contributed by atoms with Gasteiger partial charge in [-0.15, -0.1) is 11.8 Å². The highest BCUT2D eigenvalue weighted by molar-refractivity contribution is 8.01. The molecule has 1 aromatic heterocycles. The zero-order chi connectivity index (χ0) is 29.8. The van der Waals surface area contributed by atoms with Crippen LogP contribution in [0.2, 0.25) is 5.02 Å². The minimum Gasteiger partial charge on any atom is -0.379 e. The second kappa shape index (κ2) is 13.1. The summed E-state index contributed by atoms with van der Waals surface area (Å²) < 4.78 is 18.5. The molecule has 3 heterocycles. The number of thioether (sulfide) groups is 1. The van der Waals surface area contributed by atoms with E-state index in [1.807, 2.05) is 48.7 Å². The Hall–Kier alpha value is -3.37. The molecule has 224 valence electrons. The number of carbonyl (C=O) groups excluding carboxylic acids is 2. The first-order chi connectivity index (χ1) is 20.9. The molecule has 0 saturated carbocycles. The van der Waals surface area contributed by atoms with Crippen LogP contribution in [0.4, 0.5) is 4.39 Å². The van der Waals surface area contributed by atoms with Crippen molar-refractivity contribution in [3.63, 3.8) is 0 Å². The van der Waals surface area contributed by atoms with E-state index in [-0.39, 0.29) is 24.1 Å². The number of amides is 2. The van der Waals surface area contributed by atoms with Crippen LogP contribution in [0.15, 0.2) is 83.9 Å². The van der Waals surface area contributed by atoms with Gasteiger partial charge in [0, 0.05) is 58.8 Å². The third-order valence-electron chi connectivity index (χ3n) is 8.19. The number of fused-ring (bicyclic) bond motifs is 1. The molecule has 2 aliphatic rings. The molecule has 6 rings (SSSR count). The topological polar surface area (TPSA) is 77.7 Å². The van der Waals surface area contributed by atoms with Crippen molar-refractivity contribution in [2.45, 2.75) is 35.1 Å². The first-order valence-electron chi connectivity index (χ1n) is 14.6. The van der Waals surface area contributed by atoms with Crippen molar-refractivity contribution in [2.24, 2.45) is 0 Å². The molecular weight excluding hydrogens is 587 g/mol. The number of carbonyl (C=O) groups is 2. The number of aromatic amines is 1. The first-order valence-corrected chi connectivity index (χ1v) is 15.8. The molecule has 2 fully saturated rings. The number of morpholine rings is 1. The predicted octanol–water partition coefficient (Wildman–Crippen LogP) is 5.80. The molecule has 0 radical (unpaired) electrons. The third kappa shape index (κ3) is 6.45. The Balaban J connectivity index is 1.38. The van der Waals surface area contributed by atoms with Gasteiger partial charge in [0.25, 0.3) is 0 Å². The number of rotatable bonds is 10. The molecule has 0 unspecified atom stereocenters. The normalized spacial score (nSPS) is 21.0. The fraction of sp³-hybridized carbons (Fsp3) is 0.333. The van der Waals surface area contributed by atoms with E-state index in [9.17, 15) is 14.0 Å². The Bertz CT molecular complexity index is 1580. The lowest BCUT2D eigenvalue weighted by molar-refractivity contribution is -0.129. The molecule has 3 aromatic carbocycles. The van der Waals surface area contributed by atoms with Crippen LogP contribution in [0.5, 0.6) is 0 Å². The molecule has 10 heteroatoms. The van der Waals surface area contributed by atoms with Gasteiger partial charge >= 0.3 is 0 Å². The van der Waals surface area contributed by atoms with E-state index in [0.29, 0.717) is 23.6 Å². The maximum Gasteiger partial charge on any atom is 0.239 e. The maximum absolute atomic E-state index is 14.5. The van der Waals surface area contributed by atoms with Crippen molar-refractivity contribution < 1.29 is 18.7 Å². The van der Waals surface area contributed by atoms with E-state index in [4.69, 9.17) is 16.3 Å². The lowest BCUT2D eigenvalue weighted by atomic mass is 9.91. The largest absolute Gasteiger partial charge is 0.379 e. The molecule has 2 amide bonds. The average molecular weight is 621 g/mol. The minimum atomic E-state index is -1.17. The van der Waals surface area contributed by atoms with Crippen molar-refractivity contribution in [1.82, 2.24) is 20.1 Å². The number of likely N-dealkylation sites (tertiary alicyclic amines) is 1. The highest BCUT2D eigenvalue weighted by Crippen LogP contribution is 2.54. The summed E-state index contributed by atoms with van der Waals surface area (Å²) in [5, 5.41) is 4.59. The molecule has 2 aliphatic heterocycles. The van der Waals surface area contributed by atoms with Gasteiger partial charge < -0.3 is 19.9 Å². The number of benzene rings is 3. The zero-order valence-electron chi connectivity index (χ0n) is 23.7. The summed E-state index contributed by atoms with van der Waals surface area (Å²) in [6.45, 7) is 4.89. The van der Waals surface area contributed by atoms with E-state index < -0.39 is 10.8 Å². The molecule has 2 atom stereocenters. The lowest BCUT2D eigenvalue weighted by Crippen LogP contribution is -2.48. The molecular formula is C33H34ClFN4O3S. The Morgan fingerprint density at radius 2 is 1.86 bits per heavy atom. The number of hydrogen-bond donors (Lipinski definition) is 2. The second-order valence-corrected chi connectivity index (χ2v) is 12.9. The molecule has 7 nitrogen and oxygen atoms in total. The first kappa shape index (κ1) is 29.7. The van der Waals surface area contributed by atoms with Crippen LogP contribution in [-0.2, 0) is 20.9 Å². The van der Waals surface area contributed by atoms with Gasteiger partial charge in [0.05, 0.1) is 25.7 Å². The maximum atomic E-state index is 14.5. The van der Waals surface area contributed by atoms with Gasteiger partial charge in [-0.2, -0.15) is 0 Å². The fourth-order valence-electron chi connectivity index (χ4n) is 6.07. The van der Waals surface area contributed by atoms with Crippen molar-refractivity contribution in [3.05, 3.63) is 101 Å². The number of H-pyrrole nitrogens is 1. The molecule has 0 spiro atoms. The average Bonchev–Trinajstić information content (AvgIpc) is 3.54. The van der Waals surface area contributed by atoms with E-state index in [0.717, 1.165) is 60.7 Å². The van der Waals surface area contributed by atoms with Crippen LogP contribution >= 0.6 is 23.4 Å². The minimum absolute atomic E-state index is 0.0218. The van der Waals surface area contributed by atoms with Crippen LogP contribution in [0.25, 0.3) is 10.9 Å². The number of nitrogens with zero attached hydrogens (tertiary/aromatic N) is 2. The Morgan fingerprint density at radius 1 is 1.09 bits per heavy atom. The summed E-state index contributed by atoms with van der Waals surface area (Å²) in [7, 11) is 0. The molecule has 4 aromatic rings. The zero-order valence-corrected chi connectivity index (χ0v) is 25.3. The van der Waals surface area contributed by atoms with Gasteiger partial charge in [0.2, 0.25) is 11.8 Å².